The molecular formula is C16H26N2. The molecule has 0 bridgehead atoms. The summed E-state index contributed by atoms with van der Waals surface area (Å²) >= 11 is 0. The van der Waals surface area contributed by atoms with Crippen molar-refractivity contribution in [1.82, 2.24) is 10.2 Å². The molecule has 2 atom stereocenters. The molecule has 2 heteroatoms. The summed E-state index contributed by atoms with van der Waals surface area (Å²) in [6.07, 6.45) is 1.26. The monoisotopic (exact) mass is 246 g/mol. The van der Waals surface area contributed by atoms with Gasteiger partial charge in [-0.25, -0.2) is 0 Å². The molecule has 1 aromatic carbocycles. The predicted molar refractivity (Wildman–Crippen MR) is 77.7 cm³/mol. The zero-order valence-electron chi connectivity index (χ0n) is 12.1. The number of nitrogens with zero attached hydrogens (tertiary/aromatic N) is 1. The van der Waals surface area contributed by atoms with E-state index in [4.69, 9.17) is 0 Å². The predicted octanol–water partition coefficient (Wildman–Crippen LogP) is 3.07. The third-order valence-corrected chi connectivity index (χ3v) is 4.58. The summed E-state index contributed by atoms with van der Waals surface area (Å²) in [6, 6.07) is 11.9. The van der Waals surface area contributed by atoms with Gasteiger partial charge >= 0.3 is 0 Å². The maximum absolute atomic E-state index is 3.49. The maximum atomic E-state index is 3.49. The van der Waals surface area contributed by atoms with Crippen molar-refractivity contribution in [2.45, 2.75) is 39.3 Å². The fourth-order valence-electron chi connectivity index (χ4n) is 2.96. The lowest BCUT2D eigenvalue weighted by Gasteiger charge is -2.46. The number of hydrogen-bond donors (Lipinski definition) is 1. The first kappa shape index (κ1) is 13.6. The lowest BCUT2D eigenvalue weighted by Crippen LogP contribution is -2.54. The molecule has 1 aliphatic heterocycles. The van der Waals surface area contributed by atoms with Crippen LogP contribution in [0.2, 0.25) is 0 Å². The minimum atomic E-state index is 0.404. The van der Waals surface area contributed by atoms with E-state index in [9.17, 15) is 0 Å². The molecule has 1 saturated heterocycles. The van der Waals surface area contributed by atoms with Gasteiger partial charge in [0.1, 0.15) is 0 Å². The molecule has 1 aliphatic rings. The van der Waals surface area contributed by atoms with Crippen molar-refractivity contribution in [1.29, 1.82) is 0 Å². The smallest absolute Gasteiger partial charge is 0.0320 e. The number of hydrogen-bond acceptors (Lipinski definition) is 2. The highest BCUT2D eigenvalue weighted by Gasteiger charge is 2.35. The topological polar surface area (TPSA) is 15.3 Å². The Morgan fingerprint density at radius 2 is 1.94 bits per heavy atom. The third-order valence-electron chi connectivity index (χ3n) is 4.58. The lowest BCUT2D eigenvalue weighted by atomic mass is 9.77. The largest absolute Gasteiger partial charge is 0.315 e. The van der Waals surface area contributed by atoms with Crippen LogP contribution in [0.15, 0.2) is 30.3 Å². The minimum Gasteiger partial charge on any atom is -0.315 e. The molecule has 0 radical (unpaired) electrons. The number of nitrogens with one attached hydrogen (secondary N) is 1. The Bertz CT molecular complexity index is 372. The molecule has 0 aliphatic carbocycles. The van der Waals surface area contributed by atoms with Crippen molar-refractivity contribution >= 4 is 0 Å². The zero-order valence-corrected chi connectivity index (χ0v) is 12.1. The van der Waals surface area contributed by atoms with Crippen LogP contribution in [0.3, 0.4) is 0 Å². The molecule has 0 amide bonds. The van der Waals surface area contributed by atoms with Crippen molar-refractivity contribution in [2.75, 3.05) is 20.1 Å². The maximum Gasteiger partial charge on any atom is 0.0320 e. The van der Waals surface area contributed by atoms with Crippen LogP contribution in [0, 0.1) is 5.41 Å². The molecule has 0 saturated carbocycles. The molecule has 18 heavy (non-hydrogen) atoms. The van der Waals surface area contributed by atoms with E-state index in [0.29, 0.717) is 17.5 Å². The summed E-state index contributed by atoms with van der Waals surface area (Å²) in [7, 11) is 2.09. The summed E-state index contributed by atoms with van der Waals surface area (Å²) < 4.78 is 0. The van der Waals surface area contributed by atoms with E-state index in [1.165, 1.54) is 18.5 Å². The first-order valence-corrected chi connectivity index (χ1v) is 7.01. The lowest BCUT2D eigenvalue weighted by molar-refractivity contribution is 0.0644. The molecule has 2 nitrogen and oxygen atoms in total. The van der Waals surface area contributed by atoms with Gasteiger partial charge in [-0.05, 0) is 37.9 Å². The van der Waals surface area contributed by atoms with Gasteiger partial charge in [0.05, 0.1) is 0 Å². The number of benzene rings is 1. The van der Waals surface area contributed by atoms with E-state index >= 15 is 0 Å². The summed E-state index contributed by atoms with van der Waals surface area (Å²) in [5.74, 6) is 0. The van der Waals surface area contributed by atoms with Gasteiger partial charge in [0.15, 0.2) is 0 Å². The summed E-state index contributed by atoms with van der Waals surface area (Å²) in [4.78, 5) is 2.60. The number of piperidine rings is 1. The van der Waals surface area contributed by atoms with Gasteiger partial charge in [-0.2, -0.15) is 0 Å². The second-order valence-electron chi connectivity index (χ2n) is 6.16. The summed E-state index contributed by atoms with van der Waals surface area (Å²) in [6.45, 7) is 9.40. The molecule has 1 N–H and O–H groups in total. The summed E-state index contributed by atoms with van der Waals surface area (Å²) in [5.41, 5.74) is 1.83. The van der Waals surface area contributed by atoms with Gasteiger partial charge in [-0.1, -0.05) is 44.2 Å². The van der Waals surface area contributed by atoms with Crippen molar-refractivity contribution in [3.05, 3.63) is 35.9 Å². The molecule has 1 aromatic rings. The Morgan fingerprint density at radius 3 is 2.56 bits per heavy atom. The SMILES string of the molecule is CNC1CN(C(C)c2ccccc2)CCC1(C)C. The Morgan fingerprint density at radius 1 is 1.28 bits per heavy atom. The van der Waals surface area contributed by atoms with Crippen molar-refractivity contribution in [3.8, 4) is 0 Å². The fourth-order valence-corrected chi connectivity index (χ4v) is 2.96. The highest BCUT2D eigenvalue weighted by molar-refractivity contribution is 5.18. The first-order chi connectivity index (χ1) is 8.54. The number of likely N-dealkylation sites (N-methyl/N-ethyl adjacent to an activating group) is 1. The zero-order chi connectivity index (χ0) is 13.2. The quantitative estimate of drug-likeness (QED) is 0.882. The average molecular weight is 246 g/mol. The molecule has 1 fully saturated rings. The van der Waals surface area contributed by atoms with Gasteiger partial charge < -0.3 is 5.32 Å². The number of rotatable bonds is 3. The molecule has 2 unspecified atom stereocenters. The van der Waals surface area contributed by atoms with Crippen LogP contribution in [-0.4, -0.2) is 31.1 Å². The van der Waals surface area contributed by atoms with Gasteiger partial charge in [-0.3, -0.25) is 4.90 Å². The highest BCUT2D eigenvalue weighted by Crippen LogP contribution is 2.33. The van der Waals surface area contributed by atoms with Crippen LogP contribution in [0.25, 0.3) is 0 Å². The second-order valence-corrected chi connectivity index (χ2v) is 6.16. The van der Waals surface area contributed by atoms with Gasteiger partial charge in [0.2, 0.25) is 0 Å². The second kappa shape index (κ2) is 5.41. The Kier molecular flexibility index (Phi) is 4.08. The minimum absolute atomic E-state index is 0.404. The first-order valence-electron chi connectivity index (χ1n) is 7.01. The normalized spacial score (nSPS) is 25.9. The van der Waals surface area contributed by atoms with Gasteiger partial charge in [0, 0.05) is 18.6 Å². The number of likely N-dealkylation sites (tertiary alicyclic amines) is 1. The van der Waals surface area contributed by atoms with Crippen molar-refractivity contribution < 1.29 is 0 Å². The molecule has 1 heterocycles. The van der Waals surface area contributed by atoms with Crippen LogP contribution < -0.4 is 5.32 Å². The van der Waals surface area contributed by atoms with E-state index < -0.39 is 0 Å². The Balaban J connectivity index is 2.07. The highest BCUT2D eigenvalue weighted by atomic mass is 15.2. The Labute approximate surface area is 111 Å². The fraction of sp³-hybridized carbons (Fsp3) is 0.625. The van der Waals surface area contributed by atoms with E-state index in [-0.39, 0.29) is 0 Å². The van der Waals surface area contributed by atoms with Gasteiger partial charge in [-0.15, -0.1) is 0 Å². The van der Waals surface area contributed by atoms with Crippen LogP contribution in [0.4, 0.5) is 0 Å². The molecule has 100 valence electrons. The average Bonchev–Trinajstić information content (AvgIpc) is 2.39. The van der Waals surface area contributed by atoms with Gasteiger partial charge in [0.25, 0.3) is 0 Å². The standard InChI is InChI=1S/C16H26N2/c1-13(14-8-6-5-7-9-14)18-11-10-16(2,3)15(12-18)17-4/h5-9,13,15,17H,10-12H2,1-4H3. The van der Waals surface area contributed by atoms with E-state index in [1.54, 1.807) is 0 Å². The van der Waals surface area contributed by atoms with Crippen LogP contribution >= 0.6 is 0 Å². The Hall–Kier alpha value is -0.860. The van der Waals surface area contributed by atoms with Crippen LogP contribution in [0.5, 0.6) is 0 Å². The van der Waals surface area contributed by atoms with Crippen LogP contribution in [0.1, 0.15) is 38.8 Å². The van der Waals surface area contributed by atoms with E-state index in [2.05, 4.69) is 68.4 Å². The van der Waals surface area contributed by atoms with E-state index in [0.717, 1.165) is 6.54 Å². The molecule has 2 rings (SSSR count). The van der Waals surface area contributed by atoms with Crippen molar-refractivity contribution in [3.63, 3.8) is 0 Å². The summed E-state index contributed by atoms with van der Waals surface area (Å²) in [5, 5.41) is 3.49. The van der Waals surface area contributed by atoms with E-state index in [1.807, 2.05) is 0 Å². The molecular weight excluding hydrogens is 220 g/mol. The molecule has 0 aromatic heterocycles. The van der Waals surface area contributed by atoms with Crippen LogP contribution in [-0.2, 0) is 0 Å². The third kappa shape index (κ3) is 2.76. The van der Waals surface area contributed by atoms with Crippen molar-refractivity contribution in [2.24, 2.45) is 5.41 Å². The molecule has 0 spiro atoms.